The van der Waals surface area contributed by atoms with E-state index in [2.05, 4.69) is 21.2 Å². The normalized spacial score (nSPS) is 16.9. The summed E-state index contributed by atoms with van der Waals surface area (Å²) < 4.78 is 6.02. The van der Waals surface area contributed by atoms with Crippen molar-refractivity contribution in [1.29, 1.82) is 0 Å². The molecule has 1 aliphatic rings. The molecule has 0 saturated heterocycles. The van der Waals surface area contributed by atoms with E-state index in [1.54, 1.807) is 0 Å². The Balaban J connectivity index is 2.11. The first-order valence-electron chi connectivity index (χ1n) is 6.75. The van der Waals surface area contributed by atoms with Crippen LogP contribution in [0, 0.1) is 0 Å². The quantitative estimate of drug-likeness (QED) is 0.383. The van der Waals surface area contributed by atoms with Crippen molar-refractivity contribution in [1.82, 2.24) is 0 Å². The molecule has 0 unspecified atom stereocenters. The number of carbonyl (C=O) groups excluding carboxylic acids is 1. The molecule has 0 atom stereocenters. The van der Waals surface area contributed by atoms with Crippen molar-refractivity contribution in [3.63, 3.8) is 0 Å². The third kappa shape index (κ3) is 4.17. The van der Waals surface area contributed by atoms with Gasteiger partial charge < -0.3 is 30.5 Å². The van der Waals surface area contributed by atoms with Crippen LogP contribution in [0.1, 0.15) is 31.7 Å². The molecule has 0 radical (unpaired) electrons. The number of fused-ring (bicyclic) bond motifs is 1. The molecule has 122 valence electrons. The molecule has 0 aliphatic carbocycles. The number of rotatable bonds is 5. The zero-order chi connectivity index (χ0) is 16.5. The van der Waals surface area contributed by atoms with Crippen LogP contribution in [0.25, 0.3) is 0 Å². The van der Waals surface area contributed by atoms with Crippen molar-refractivity contribution in [2.45, 2.75) is 37.8 Å². The highest BCUT2D eigenvalue weighted by atomic mass is 79.9. The lowest BCUT2D eigenvalue weighted by molar-refractivity contribution is -0.179. The molecule has 1 amide bonds. The van der Waals surface area contributed by atoms with Gasteiger partial charge in [-0.15, -0.1) is 0 Å². The molecule has 0 saturated carbocycles. The number of hydrogen-bond donors (Lipinski definition) is 5. The smallest absolute Gasteiger partial charge is 0.230 e. The van der Waals surface area contributed by atoms with Gasteiger partial charge in [0.1, 0.15) is 5.75 Å². The fourth-order valence-electron chi connectivity index (χ4n) is 2.20. The van der Waals surface area contributed by atoms with E-state index in [0.29, 0.717) is 16.6 Å². The zero-order valence-corrected chi connectivity index (χ0v) is 13.6. The van der Waals surface area contributed by atoms with Crippen LogP contribution < -0.4 is 10.1 Å². The summed E-state index contributed by atoms with van der Waals surface area (Å²) in [6, 6.07) is 2.97. The van der Waals surface area contributed by atoms with Crippen molar-refractivity contribution >= 4 is 27.5 Å². The molecule has 0 bridgehead atoms. The van der Waals surface area contributed by atoms with E-state index < -0.39 is 23.9 Å². The van der Waals surface area contributed by atoms with Gasteiger partial charge in [-0.1, -0.05) is 0 Å². The van der Waals surface area contributed by atoms with Gasteiger partial charge in [0.2, 0.25) is 11.7 Å². The number of halogens is 1. The average Bonchev–Trinajstić information content (AvgIpc) is 2.34. The summed E-state index contributed by atoms with van der Waals surface area (Å²) in [5.74, 6) is -4.04. The second kappa shape index (κ2) is 6.13. The van der Waals surface area contributed by atoms with Gasteiger partial charge in [-0.3, -0.25) is 4.79 Å². The first-order chi connectivity index (χ1) is 10.1. The van der Waals surface area contributed by atoms with Crippen LogP contribution in [-0.2, 0) is 10.6 Å². The minimum absolute atomic E-state index is 0.155. The SMILES string of the molecule is CC(O)(O)CCCOc1cc2c(cc1Br)C(O)(O)CC(=O)N2. The van der Waals surface area contributed by atoms with Crippen LogP contribution in [0.15, 0.2) is 16.6 Å². The molecule has 1 aliphatic heterocycles. The number of carbonyl (C=O) groups is 1. The number of hydrogen-bond acceptors (Lipinski definition) is 6. The minimum atomic E-state index is -2.21. The molecule has 8 heteroatoms. The molecule has 5 N–H and O–H groups in total. The molecule has 7 nitrogen and oxygen atoms in total. The van der Waals surface area contributed by atoms with Crippen LogP contribution in [0.3, 0.4) is 0 Å². The Bertz CT molecular complexity index is 581. The highest BCUT2D eigenvalue weighted by molar-refractivity contribution is 9.10. The summed E-state index contributed by atoms with van der Waals surface area (Å²) in [7, 11) is 0. The predicted molar refractivity (Wildman–Crippen MR) is 81.1 cm³/mol. The van der Waals surface area contributed by atoms with E-state index in [1.807, 2.05) is 0 Å². The largest absolute Gasteiger partial charge is 0.492 e. The van der Waals surface area contributed by atoms with Crippen LogP contribution in [-0.4, -0.2) is 38.7 Å². The van der Waals surface area contributed by atoms with Crippen molar-refractivity contribution in [3.8, 4) is 5.75 Å². The summed E-state index contributed by atoms with van der Waals surface area (Å²) in [6.07, 6.45) is 0.143. The molecule has 0 spiro atoms. The van der Waals surface area contributed by atoms with E-state index in [9.17, 15) is 25.2 Å². The molecule has 22 heavy (non-hydrogen) atoms. The van der Waals surface area contributed by atoms with Crippen molar-refractivity contribution in [2.24, 2.45) is 0 Å². The topological polar surface area (TPSA) is 119 Å². The van der Waals surface area contributed by atoms with Crippen LogP contribution >= 0.6 is 15.9 Å². The Morgan fingerprint density at radius 2 is 2.09 bits per heavy atom. The molecular weight excluding hydrogens is 358 g/mol. The first-order valence-corrected chi connectivity index (χ1v) is 7.54. The second-order valence-corrected chi connectivity index (χ2v) is 6.39. The maximum absolute atomic E-state index is 11.5. The molecule has 1 aromatic carbocycles. The maximum atomic E-state index is 11.5. The third-order valence-corrected chi connectivity index (χ3v) is 3.86. The Morgan fingerprint density at radius 1 is 1.41 bits per heavy atom. The summed E-state index contributed by atoms with van der Waals surface area (Å²) in [4.78, 5) is 11.5. The van der Waals surface area contributed by atoms with E-state index in [4.69, 9.17) is 4.74 Å². The Kier molecular flexibility index (Phi) is 4.78. The Labute approximate surface area is 135 Å². The fourth-order valence-corrected chi connectivity index (χ4v) is 2.66. The highest BCUT2D eigenvalue weighted by Gasteiger charge is 2.37. The van der Waals surface area contributed by atoms with Crippen molar-refractivity contribution in [2.75, 3.05) is 11.9 Å². The van der Waals surface area contributed by atoms with Gasteiger partial charge in [0.15, 0.2) is 5.79 Å². The van der Waals surface area contributed by atoms with E-state index in [0.717, 1.165) is 0 Å². The van der Waals surface area contributed by atoms with Gasteiger partial charge in [0.25, 0.3) is 0 Å². The lowest BCUT2D eigenvalue weighted by Gasteiger charge is -2.29. The van der Waals surface area contributed by atoms with Gasteiger partial charge in [0.05, 0.1) is 23.2 Å². The molecule has 1 heterocycles. The van der Waals surface area contributed by atoms with Crippen molar-refractivity contribution in [3.05, 3.63) is 22.2 Å². The zero-order valence-electron chi connectivity index (χ0n) is 12.0. The summed E-state index contributed by atoms with van der Waals surface area (Å²) in [6.45, 7) is 1.53. The number of aliphatic hydroxyl groups is 4. The summed E-state index contributed by atoms with van der Waals surface area (Å²) >= 11 is 3.28. The Hall–Kier alpha value is -1.19. The molecule has 1 aromatic rings. The monoisotopic (exact) mass is 375 g/mol. The van der Waals surface area contributed by atoms with Gasteiger partial charge in [-0.25, -0.2) is 0 Å². The lowest BCUT2D eigenvalue weighted by Crippen LogP contribution is -2.36. The molecule has 0 fully saturated rings. The van der Waals surface area contributed by atoms with Crippen molar-refractivity contribution < 1.29 is 30.0 Å². The standard InChI is InChI=1S/C14H18BrNO6/c1-13(18,19)3-2-4-22-11-6-10-8(5-9(11)15)14(20,21)7-12(17)16-10/h5-6,18-21H,2-4,7H2,1H3,(H,16,17). The molecule has 0 aromatic heterocycles. The number of nitrogens with one attached hydrogen (secondary N) is 1. The summed E-state index contributed by atoms with van der Waals surface area (Å²) in [5, 5.41) is 40.7. The third-order valence-electron chi connectivity index (χ3n) is 3.24. The summed E-state index contributed by atoms with van der Waals surface area (Å²) in [5.41, 5.74) is 0.457. The second-order valence-electron chi connectivity index (χ2n) is 5.54. The molecule has 2 rings (SSSR count). The average molecular weight is 376 g/mol. The van der Waals surface area contributed by atoms with Crippen LogP contribution in [0.4, 0.5) is 5.69 Å². The minimum Gasteiger partial charge on any atom is -0.492 e. The number of amides is 1. The maximum Gasteiger partial charge on any atom is 0.230 e. The van der Waals surface area contributed by atoms with Gasteiger partial charge in [-0.2, -0.15) is 0 Å². The van der Waals surface area contributed by atoms with Gasteiger partial charge in [0, 0.05) is 18.1 Å². The van der Waals surface area contributed by atoms with Gasteiger partial charge in [-0.05, 0) is 35.3 Å². The van der Waals surface area contributed by atoms with Crippen LogP contribution in [0.2, 0.25) is 0 Å². The molecular formula is C14H18BrNO6. The van der Waals surface area contributed by atoms with Gasteiger partial charge >= 0.3 is 0 Å². The lowest BCUT2D eigenvalue weighted by atomic mass is 9.96. The fraction of sp³-hybridized carbons (Fsp3) is 0.500. The highest BCUT2D eigenvalue weighted by Crippen LogP contribution is 2.40. The van der Waals surface area contributed by atoms with E-state index in [-0.39, 0.29) is 24.3 Å². The number of anilines is 1. The van der Waals surface area contributed by atoms with Crippen LogP contribution in [0.5, 0.6) is 5.75 Å². The Morgan fingerprint density at radius 3 is 2.73 bits per heavy atom. The van der Waals surface area contributed by atoms with E-state index >= 15 is 0 Å². The number of ether oxygens (including phenoxy) is 1. The predicted octanol–water partition coefficient (Wildman–Crippen LogP) is 0.788. The number of benzene rings is 1. The first kappa shape index (κ1) is 17.2. The van der Waals surface area contributed by atoms with E-state index in [1.165, 1.54) is 19.1 Å².